The first-order chi connectivity index (χ1) is 8.50. The molecule has 1 aliphatic carbocycles. The van der Waals surface area contributed by atoms with E-state index in [0.29, 0.717) is 0 Å². The second-order valence-electron chi connectivity index (χ2n) is 1.84. The summed E-state index contributed by atoms with van der Waals surface area (Å²) in [6.45, 7) is 13.5. The van der Waals surface area contributed by atoms with Crippen LogP contribution in [0.3, 0.4) is 0 Å². The van der Waals surface area contributed by atoms with E-state index in [0.717, 1.165) is 0 Å². The number of hydrogen-bond donors (Lipinski definition) is 0. The summed E-state index contributed by atoms with van der Waals surface area (Å²) in [6.07, 6.45) is 14.0. The maximum atomic E-state index is 9.75. The molecular weight excluding hydrogens is 307 g/mol. The zero-order valence-corrected chi connectivity index (χ0v) is 10.5. The molecule has 0 unspecified atom stereocenters. The molecule has 0 aliphatic heterocycles. The summed E-state index contributed by atoms with van der Waals surface area (Å²) in [5.74, 6) is 0. The van der Waals surface area contributed by atoms with Crippen molar-refractivity contribution in [2.45, 2.75) is 0 Å². The van der Waals surface area contributed by atoms with Gasteiger partial charge >= 0.3 is 41.2 Å². The zero-order valence-electron chi connectivity index (χ0n) is 9.26. The molecule has 0 aromatic rings. The van der Waals surface area contributed by atoms with Gasteiger partial charge in [0, 0.05) is 23.8 Å². The fraction of sp³-hybridized carbons (Fsp3) is 0. The van der Waals surface area contributed by atoms with Crippen LogP contribution in [-0.4, -0.2) is 7.25 Å². The van der Waals surface area contributed by atoms with Gasteiger partial charge in [0.25, 0.3) is 0 Å². The summed E-state index contributed by atoms with van der Waals surface area (Å²) in [5.41, 5.74) is 0. The molecule has 1 aliphatic rings. The van der Waals surface area contributed by atoms with Crippen LogP contribution in [0.15, 0.2) is 36.5 Å². The Bertz CT molecular complexity index is 272. The number of halogens is 4. The van der Waals surface area contributed by atoms with Crippen molar-refractivity contribution < 1.29 is 48.6 Å². The fourth-order valence-corrected chi connectivity index (χ4v) is 0.449. The maximum absolute atomic E-state index is 9.75. The van der Waals surface area contributed by atoms with E-state index < -0.39 is 7.25 Å². The molecule has 0 bridgehead atoms. The molecule has 19 heavy (non-hydrogen) atoms. The van der Waals surface area contributed by atoms with E-state index in [9.17, 15) is 17.3 Å². The minimum absolute atomic E-state index is 0. The van der Waals surface area contributed by atoms with Crippen molar-refractivity contribution in [3.05, 3.63) is 62.8 Å². The summed E-state index contributed by atoms with van der Waals surface area (Å²) in [5, 5.41) is 0. The molecule has 1 radical (unpaired) electrons. The molecule has 1 rings (SSSR count). The molecule has 0 heterocycles. The molecule has 0 N–H and O–H groups in total. The second-order valence-corrected chi connectivity index (χ2v) is 1.84. The predicted octanol–water partition coefficient (Wildman–Crippen LogP) is 3.06. The minimum Gasteiger partial charge on any atom is -0.0767 e. The average molecular weight is 314 g/mol. The first kappa shape index (κ1) is 30.6. The molecule has 0 amide bonds. The molecule has 3 nitrogen and oxygen atoms in total. The smallest absolute Gasteiger partial charge is 0.00506 e. The summed E-state index contributed by atoms with van der Waals surface area (Å²) in [4.78, 5) is 0. The van der Waals surface area contributed by atoms with Gasteiger partial charge in [-0.3, -0.25) is 0 Å². The van der Waals surface area contributed by atoms with Gasteiger partial charge in [0.1, 0.15) is 0 Å². The van der Waals surface area contributed by atoms with Crippen LogP contribution < -0.4 is 0 Å². The van der Waals surface area contributed by atoms with Crippen LogP contribution in [0.1, 0.15) is 0 Å². The Morgan fingerprint density at radius 3 is 0.947 bits per heavy atom. The largest absolute Gasteiger partial charge is 0.0767 e. The molecule has 0 saturated carbocycles. The van der Waals surface area contributed by atoms with E-state index >= 15 is 0 Å². The van der Waals surface area contributed by atoms with Gasteiger partial charge in [-0.15, -0.1) is 0 Å². The van der Waals surface area contributed by atoms with Crippen molar-refractivity contribution >= 4 is 7.25 Å². The Labute approximate surface area is 119 Å². The minimum atomic E-state index is -6.00. The third kappa shape index (κ3) is 110. The van der Waals surface area contributed by atoms with E-state index in [-0.39, 0.29) is 17.4 Å². The molecule has 0 saturated heterocycles. The number of rotatable bonds is 0. The van der Waals surface area contributed by atoms with Crippen LogP contribution in [0.25, 0.3) is 0 Å². The van der Waals surface area contributed by atoms with E-state index in [1.165, 1.54) is 0 Å². The zero-order chi connectivity index (χ0) is 15.4. The Morgan fingerprint density at radius 2 is 0.737 bits per heavy atom. The van der Waals surface area contributed by atoms with Crippen molar-refractivity contribution in [3.63, 3.8) is 0 Å². The Balaban J connectivity index is -0.0000000488. The summed E-state index contributed by atoms with van der Waals surface area (Å²) in [6, 6.07) is 0. The van der Waals surface area contributed by atoms with Gasteiger partial charge in [0.05, 0.1) is 0 Å². The van der Waals surface area contributed by atoms with Crippen molar-refractivity contribution in [2.75, 3.05) is 0 Å². The van der Waals surface area contributed by atoms with Crippen LogP contribution >= 0.6 is 0 Å². The first-order valence-corrected chi connectivity index (χ1v) is 3.82. The first-order valence-electron chi connectivity index (χ1n) is 3.82. The number of hydrogen-bond acceptors (Lipinski definition) is 0. The maximum Gasteiger partial charge on any atom is 0.00506 e. The monoisotopic (exact) mass is 314 g/mol. The van der Waals surface area contributed by atoms with E-state index in [1.807, 2.05) is 42.9 Å². The third-order valence-corrected chi connectivity index (χ3v) is 0.778. The topological polar surface area (TPSA) is 59.7 Å². The van der Waals surface area contributed by atoms with Crippen LogP contribution in [0, 0.1) is 26.4 Å². The van der Waals surface area contributed by atoms with Gasteiger partial charge in [0.15, 0.2) is 0 Å². The second kappa shape index (κ2) is 30.1. The standard InChI is InChI=1S/C7H7.3CO.BF4.Cr/c1-2-4-6-7-5-3-1;3*1-2;2-1(3,4)5;/h1-7H;;;;;/q;;;;-1;. The van der Waals surface area contributed by atoms with Gasteiger partial charge in [0.2, 0.25) is 0 Å². The quantitative estimate of drug-likeness (QED) is 0.286. The van der Waals surface area contributed by atoms with Crippen molar-refractivity contribution in [2.24, 2.45) is 0 Å². The van der Waals surface area contributed by atoms with Crippen molar-refractivity contribution in [1.29, 1.82) is 0 Å². The van der Waals surface area contributed by atoms with Gasteiger partial charge < -0.3 is 17.3 Å². The van der Waals surface area contributed by atoms with Crippen LogP contribution in [0.2, 0.25) is 0 Å². The molecule has 0 aromatic heterocycles. The molecule has 0 aromatic carbocycles. The summed E-state index contributed by atoms with van der Waals surface area (Å²) in [7, 11) is -6.00. The van der Waals surface area contributed by atoms with Gasteiger partial charge in [-0.25, -0.2) is 0 Å². The van der Waals surface area contributed by atoms with E-state index in [4.69, 9.17) is 14.0 Å². The molecule has 103 valence electrons. The normalized spacial score (nSPS) is 9.79. The Hall–Kier alpha value is -1.24. The van der Waals surface area contributed by atoms with Gasteiger partial charge in [-0.1, -0.05) is 36.5 Å². The summed E-state index contributed by atoms with van der Waals surface area (Å²) >= 11 is 0. The predicted molar refractivity (Wildman–Crippen MR) is 53.7 cm³/mol. The molecule has 0 spiro atoms. The molecule has 0 fully saturated rings. The third-order valence-electron chi connectivity index (χ3n) is 0.778. The number of allylic oxidation sites excluding steroid dienone is 6. The van der Waals surface area contributed by atoms with Crippen LogP contribution in [-0.2, 0) is 31.3 Å². The van der Waals surface area contributed by atoms with Crippen LogP contribution in [0.5, 0.6) is 0 Å². The van der Waals surface area contributed by atoms with Crippen molar-refractivity contribution in [1.82, 2.24) is 0 Å². The Morgan fingerprint density at radius 1 is 0.579 bits per heavy atom. The van der Waals surface area contributed by atoms with E-state index in [1.54, 1.807) is 0 Å². The molecule has 9 heteroatoms. The molecular formula is C10H7BCrF4O3-. The fourth-order valence-electron chi connectivity index (χ4n) is 0.449. The van der Waals surface area contributed by atoms with Crippen LogP contribution in [0.4, 0.5) is 17.3 Å². The van der Waals surface area contributed by atoms with Gasteiger partial charge in [-0.2, -0.15) is 0 Å². The summed E-state index contributed by atoms with van der Waals surface area (Å²) < 4.78 is 61.5. The average Bonchev–Trinajstić information content (AvgIpc) is 2.67. The van der Waals surface area contributed by atoms with E-state index in [2.05, 4.69) is 20.0 Å². The van der Waals surface area contributed by atoms with Gasteiger partial charge in [-0.05, 0) is 0 Å². The SMILES string of the molecule is F[B-](F)(F)F.[C-]#[O+].[C-]#[O+].[C-]#[O+].[CH]1C=CC=CC=C1.[Cr]. The Kier molecular flexibility index (Phi) is 48.5. The molecule has 0 atom stereocenters. The van der Waals surface area contributed by atoms with Crippen molar-refractivity contribution in [3.8, 4) is 0 Å².